The maximum atomic E-state index is 12.2. The van der Waals surface area contributed by atoms with Crippen molar-refractivity contribution in [3.05, 3.63) is 48.5 Å². The Balaban J connectivity index is 1.55. The first kappa shape index (κ1) is 19.7. The average Bonchev–Trinajstić information content (AvgIpc) is 2.68. The number of nitrogens with one attached hydrogen (secondary N) is 1. The Kier molecular flexibility index (Phi) is 6.53. The molecule has 2 amide bonds. The molecule has 0 atom stereocenters. The summed E-state index contributed by atoms with van der Waals surface area (Å²) in [5.41, 5.74) is 1.36. The quantitative estimate of drug-likeness (QED) is 0.704. The molecule has 0 saturated carbocycles. The third kappa shape index (κ3) is 5.25. The molecular formula is C22H26N2O4. The van der Waals surface area contributed by atoms with Crippen molar-refractivity contribution in [2.24, 2.45) is 5.92 Å². The first-order chi connectivity index (χ1) is 13.5. The molecule has 2 aromatic rings. The Morgan fingerprint density at radius 1 is 1.21 bits per heavy atom. The number of rotatable bonds is 8. The smallest absolute Gasteiger partial charge is 0.265 e. The second-order valence-corrected chi connectivity index (χ2v) is 7.18. The Morgan fingerprint density at radius 3 is 2.75 bits per heavy atom. The van der Waals surface area contributed by atoms with Crippen molar-refractivity contribution in [1.82, 2.24) is 0 Å². The van der Waals surface area contributed by atoms with E-state index >= 15 is 0 Å². The van der Waals surface area contributed by atoms with Crippen molar-refractivity contribution in [1.29, 1.82) is 0 Å². The molecule has 0 spiro atoms. The summed E-state index contributed by atoms with van der Waals surface area (Å²) in [7, 11) is 0. The minimum atomic E-state index is -0.0879. The van der Waals surface area contributed by atoms with Gasteiger partial charge in [0.15, 0.2) is 6.61 Å². The molecule has 3 rings (SSSR count). The van der Waals surface area contributed by atoms with E-state index in [9.17, 15) is 9.59 Å². The van der Waals surface area contributed by atoms with Crippen molar-refractivity contribution < 1.29 is 19.1 Å². The van der Waals surface area contributed by atoms with Gasteiger partial charge in [0.25, 0.3) is 5.91 Å². The Bertz CT molecular complexity index is 821. The van der Waals surface area contributed by atoms with Gasteiger partial charge < -0.3 is 19.7 Å². The minimum absolute atomic E-state index is 0.0485. The summed E-state index contributed by atoms with van der Waals surface area (Å²) in [4.78, 5) is 26.2. The van der Waals surface area contributed by atoms with Crippen molar-refractivity contribution in [2.75, 3.05) is 30.0 Å². The fraction of sp³-hybridized carbons (Fsp3) is 0.364. The summed E-state index contributed by atoms with van der Waals surface area (Å²) in [6.07, 6.45) is 0.974. The number of carbonyl (C=O) groups is 2. The van der Waals surface area contributed by atoms with Crippen LogP contribution in [0.5, 0.6) is 11.5 Å². The lowest BCUT2D eigenvalue weighted by Crippen LogP contribution is -2.41. The number of nitrogens with zero attached hydrogens (tertiary/aromatic N) is 1. The molecule has 0 unspecified atom stereocenters. The Hall–Kier alpha value is -3.02. The van der Waals surface area contributed by atoms with E-state index in [1.165, 1.54) is 0 Å². The topological polar surface area (TPSA) is 67.9 Å². The number of anilines is 2. The van der Waals surface area contributed by atoms with Crippen LogP contribution in [-0.4, -0.2) is 31.6 Å². The number of benzene rings is 2. The van der Waals surface area contributed by atoms with Gasteiger partial charge in [-0.05, 0) is 42.7 Å². The van der Waals surface area contributed by atoms with Crippen molar-refractivity contribution >= 4 is 23.2 Å². The standard InChI is InChI=1S/C22H26N2O4/c1-16(2)14-24-19-13-17(10-11-20(19)28-15-22(24)26)23-21(25)9-6-12-27-18-7-4-3-5-8-18/h3-5,7-8,10-11,13,16H,6,9,12,14-15H2,1-2H3,(H,23,25). The van der Waals surface area contributed by atoms with Crippen LogP contribution in [0.4, 0.5) is 11.4 Å². The van der Waals surface area contributed by atoms with Crippen LogP contribution < -0.4 is 19.7 Å². The van der Waals surface area contributed by atoms with E-state index in [1.54, 1.807) is 23.1 Å². The van der Waals surface area contributed by atoms with E-state index in [1.807, 2.05) is 30.3 Å². The van der Waals surface area contributed by atoms with Gasteiger partial charge in [-0.25, -0.2) is 0 Å². The molecular weight excluding hydrogens is 356 g/mol. The molecule has 0 radical (unpaired) electrons. The highest BCUT2D eigenvalue weighted by atomic mass is 16.5. The highest BCUT2D eigenvalue weighted by molar-refractivity contribution is 5.99. The normalized spacial score (nSPS) is 13.1. The van der Waals surface area contributed by atoms with Crippen molar-refractivity contribution in [2.45, 2.75) is 26.7 Å². The molecule has 0 bridgehead atoms. The van der Waals surface area contributed by atoms with Crippen LogP contribution in [0.25, 0.3) is 0 Å². The van der Waals surface area contributed by atoms with Gasteiger partial charge in [-0.3, -0.25) is 9.59 Å². The van der Waals surface area contributed by atoms with Crippen LogP contribution in [0.1, 0.15) is 26.7 Å². The second-order valence-electron chi connectivity index (χ2n) is 7.18. The number of hydrogen-bond acceptors (Lipinski definition) is 4. The Morgan fingerprint density at radius 2 is 2.00 bits per heavy atom. The number of amides is 2. The molecule has 1 N–H and O–H groups in total. The average molecular weight is 382 g/mol. The summed E-state index contributed by atoms with van der Waals surface area (Å²) in [5, 5.41) is 2.89. The molecule has 1 heterocycles. The van der Waals surface area contributed by atoms with Gasteiger partial charge in [0.05, 0.1) is 12.3 Å². The van der Waals surface area contributed by atoms with E-state index in [0.29, 0.717) is 49.0 Å². The third-order valence-electron chi connectivity index (χ3n) is 4.29. The van der Waals surface area contributed by atoms with Crippen LogP contribution in [-0.2, 0) is 9.59 Å². The first-order valence-corrected chi connectivity index (χ1v) is 9.58. The maximum absolute atomic E-state index is 12.2. The molecule has 0 aromatic heterocycles. The lowest BCUT2D eigenvalue weighted by molar-refractivity contribution is -0.121. The molecule has 148 valence electrons. The first-order valence-electron chi connectivity index (χ1n) is 9.58. The van der Waals surface area contributed by atoms with Gasteiger partial charge >= 0.3 is 0 Å². The number of hydrogen-bond donors (Lipinski definition) is 1. The van der Waals surface area contributed by atoms with Crippen LogP contribution >= 0.6 is 0 Å². The molecule has 0 fully saturated rings. The zero-order chi connectivity index (χ0) is 19.9. The number of carbonyl (C=O) groups excluding carboxylic acids is 2. The summed E-state index contributed by atoms with van der Waals surface area (Å²) >= 11 is 0. The highest BCUT2D eigenvalue weighted by Gasteiger charge is 2.26. The molecule has 2 aromatic carbocycles. The monoisotopic (exact) mass is 382 g/mol. The van der Waals surface area contributed by atoms with Gasteiger partial charge in [-0.15, -0.1) is 0 Å². The molecule has 1 aliphatic rings. The van der Waals surface area contributed by atoms with Crippen LogP contribution in [0.3, 0.4) is 0 Å². The maximum Gasteiger partial charge on any atom is 0.265 e. The third-order valence-corrected chi connectivity index (χ3v) is 4.29. The minimum Gasteiger partial charge on any atom is -0.494 e. The number of para-hydroxylation sites is 1. The van der Waals surface area contributed by atoms with Gasteiger partial charge in [0, 0.05) is 18.7 Å². The van der Waals surface area contributed by atoms with E-state index in [0.717, 1.165) is 5.75 Å². The fourth-order valence-electron chi connectivity index (χ4n) is 3.01. The van der Waals surface area contributed by atoms with Crippen molar-refractivity contribution in [3.63, 3.8) is 0 Å². The summed E-state index contributed by atoms with van der Waals surface area (Å²) in [6.45, 7) is 5.26. The summed E-state index contributed by atoms with van der Waals surface area (Å²) in [5.74, 6) is 1.64. The Labute approximate surface area is 165 Å². The van der Waals surface area contributed by atoms with E-state index in [2.05, 4.69) is 19.2 Å². The van der Waals surface area contributed by atoms with Crippen LogP contribution in [0.2, 0.25) is 0 Å². The SMILES string of the molecule is CC(C)CN1C(=O)COc2ccc(NC(=O)CCCOc3ccccc3)cc21. The molecule has 0 aliphatic carbocycles. The molecule has 6 nitrogen and oxygen atoms in total. The largest absolute Gasteiger partial charge is 0.494 e. The van der Waals surface area contributed by atoms with Crippen molar-refractivity contribution in [3.8, 4) is 11.5 Å². The van der Waals surface area contributed by atoms with E-state index in [4.69, 9.17) is 9.47 Å². The lowest BCUT2D eigenvalue weighted by Gasteiger charge is -2.31. The zero-order valence-electron chi connectivity index (χ0n) is 16.3. The highest BCUT2D eigenvalue weighted by Crippen LogP contribution is 2.35. The van der Waals surface area contributed by atoms with Gasteiger partial charge in [-0.2, -0.15) is 0 Å². The second kappa shape index (κ2) is 9.26. The predicted molar refractivity (Wildman–Crippen MR) is 109 cm³/mol. The zero-order valence-corrected chi connectivity index (χ0v) is 16.3. The molecule has 1 aliphatic heterocycles. The van der Waals surface area contributed by atoms with E-state index < -0.39 is 0 Å². The number of ether oxygens (including phenoxy) is 2. The molecule has 6 heteroatoms. The van der Waals surface area contributed by atoms with E-state index in [-0.39, 0.29) is 18.4 Å². The number of fused-ring (bicyclic) bond motifs is 1. The summed E-state index contributed by atoms with van der Waals surface area (Å²) in [6, 6.07) is 14.9. The van der Waals surface area contributed by atoms with Gasteiger partial charge in [0.2, 0.25) is 5.91 Å². The summed E-state index contributed by atoms with van der Waals surface area (Å²) < 4.78 is 11.1. The predicted octanol–water partition coefficient (Wildman–Crippen LogP) is 3.87. The lowest BCUT2D eigenvalue weighted by atomic mass is 10.1. The fourth-order valence-corrected chi connectivity index (χ4v) is 3.01. The molecule has 28 heavy (non-hydrogen) atoms. The van der Waals surface area contributed by atoms with Crippen LogP contribution in [0, 0.1) is 5.92 Å². The van der Waals surface area contributed by atoms with Gasteiger partial charge in [-0.1, -0.05) is 32.0 Å². The van der Waals surface area contributed by atoms with Crippen LogP contribution in [0.15, 0.2) is 48.5 Å². The van der Waals surface area contributed by atoms with Gasteiger partial charge in [0.1, 0.15) is 11.5 Å². The molecule has 0 saturated heterocycles.